The predicted octanol–water partition coefficient (Wildman–Crippen LogP) is 2.31. The van der Waals surface area contributed by atoms with E-state index in [1.165, 1.54) is 11.2 Å². The fourth-order valence-corrected chi connectivity index (χ4v) is 3.37. The first-order chi connectivity index (χ1) is 13.4. The first-order valence-corrected chi connectivity index (χ1v) is 8.78. The number of aryl methyl sites for hydroxylation is 1. The van der Waals surface area contributed by atoms with E-state index < -0.39 is 0 Å². The van der Waals surface area contributed by atoms with Crippen molar-refractivity contribution in [3.63, 3.8) is 0 Å². The van der Waals surface area contributed by atoms with Crippen molar-refractivity contribution in [3.05, 3.63) is 48.0 Å². The molecule has 4 rings (SSSR count). The highest BCUT2D eigenvalue weighted by Gasteiger charge is 2.23. The molecule has 0 radical (unpaired) electrons. The highest BCUT2D eigenvalue weighted by molar-refractivity contribution is 6.33. The van der Waals surface area contributed by atoms with E-state index in [0.717, 1.165) is 16.6 Å². The molecule has 1 aromatic carbocycles. The van der Waals surface area contributed by atoms with Crippen LogP contribution in [0.3, 0.4) is 0 Å². The van der Waals surface area contributed by atoms with Gasteiger partial charge in [-0.2, -0.15) is 0 Å². The monoisotopic (exact) mass is 399 g/mol. The van der Waals surface area contributed by atoms with Crippen molar-refractivity contribution in [3.8, 4) is 17.3 Å². The second-order valence-electron chi connectivity index (χ2n) is 6.42. The molecule has 0 spiro atoms. The lowest BCUT2D eigenvalue weighted by Crippen LogP contribution is -2.23. The Balaban J connectivity index is 2.02. The zero-order chi connectivity index (χ0) is 20.0. The maximum atomic E-state index is 12.2. The van der Waals surface area contributed by atoms with Gasteiger partial charge in [-0.05, 0) is 12.1 Å². The van der Waals surface area contributed by atoms with Crippen molar-refractivity contribution in [2.24, 2.45) is 7.05 Å². The van der Waals surface area contributed by atoms with Gasteiger partial charge in [-0.25, -0.2) is 14.6 Å². The Bertz CT molecular complexity index is 1170. The van der Waals surface area contributed by atoms with Crippen LogP contribution in [-0.2, 0) is 7.05 Å². The Morgan fingerprint density at radius 1 is 1.25 bits per heavy atom. The van der Waals surface area contributed by atoms with E-state index >= 15 is 0 Å². The number of nitrogens with zero attached hydrogens (tertiary/aromatic N) is 7. The van der Waals surface area contributed by atoms with E-state index in [2.05, 4.69) is 15.1 Å². The van der Waals surface area contributed by atoms with Gasteiger partial charge in [0.05, 0.1) is 29.7 Å². The van der Waals surface area contributed by atoms with Gasteiger partial charge in [-0.1, -0.05) is 11.6 Å². The first-order valence-electron chi connectivity index (χ1n) is 8.40. The molecule has 1 amide bonds. The molecule has 0 fully saturated rings. The number of aromatic nitrogens is 6. The lowest BCUT2D eigenvalue weighted by atomic mass is 10.2. The van der Waals surface area contributed by atoms with E-state index in [9.17, 15) is 4.79 Å². The molecule has 28 heavy (non-hydrogen) atoms. The quantitative estimate of drug-likeness (QED) is 0.526. The summed E-state index contributed by atoms with van der Waals surface area (Å²) in [5.74, 6) is 1.12. The van der Waals surface area contributed by atoms with E-state index in [4.69, 9.17) is 16.3 Å². The van der Waals surface area contributed by atoms with Gasteiger partial charge in [-0.15, -0.1) is 5.10 Å². The number of amides is 1. The minimum absolute atomic E-state index is 0.113. The molecule has 3 heterocycles. The van der Waals surface area contributed by atoms with Crippen LogP contribution in [0.2, 0.25) is 5.02 Å². The smallest absolute Gasteiger partial charge is 0.293 e. The third-order valence-electron chi connectivity index (χ3n) is 4.49. The molecule has 144 valence electrons. The maximum absolute atomic E-state index is 12.2. The van der Waals surface area contributed by atoms with Crippen molar-refractivity contribution >= 4 is 28.4 Å². The fraction of sp³-hybridized carbons (Fsp3) is 0.222. The summed E-state index contributed by atoms with van der Waals surface area (Å²) in [5.41, 5.74) is 1.69. The Labute approximate surface area is 165 Å². The number of ether oxygens (including phenoxy) is 1. The number of hydrogen-bond acceptors (Lipinski definition) is 5. The zero-order valence-electron chi connectivity index (χ0n) is 15.8. The fourth-order valence-electron chi connectivity index (χ4n) is 3.13. The normalized spacial score (nSPS) is 11.2. The molecule has 0 aliphatic carbocycles. The topological polar surface area (TPSA) is 83.0 Å². The first kappa shape index (κ1) is 18.1. The standard InChI is InChI=1S/C18H18ClN7O2/c1-23(2)18(27)16-21-10-26(22-16)17-15(25-6-5-20-9-25)11-7-14(28-4)12(19)8-13(11)24(17)3/h5-10H,1-4H3. The number of hydrogen-bond donors (Lipinski definition) is 0. The van der Waals surface area contributed by atoms with Crippen molar-refractivity contribution in [1.82, 2.24) is 33.8 Å². The molecule has 4 aromatic rings. The summed E-state index contributed by atoms with van der Waals surface area (Å²) in [5, 5.41) is 5.79. The molecule has 0 saturated carbocycles. The minimum Gasteiger partial charge on any atom is -0.495 e. The SMILES string of the molecule is COc1cc2c(-n3ccnc3)c(-n3cnc(C(=O)N(C)C)n3)n(C)c2cc1Cl. The molecule has 9 nitrogen and oxygen atoms in total. The number of benzene rings is 1. The Morgan fingerprint density at radius 3 is 2.68 bits per heavy atom. The average molecular weight is 400 g/mol. The van der Waals surface area contributed by atoms with Gasteiger partial charge in [0.15, 0.2) is 5.82 Å². The van der Waals surface area contributed by atoms with Crippen LogP contribution in [0.4, 0.5) is 0 Å². The van der Waals surface area contributed by atoms with Crippen LogP contribution in [-0.4, -0.2) is 60.9 Å². The van der Waals surface area contributed by atoms with E-state index in [1.54, 1.807) is 38.4 Å². The Hall–Kier alpha value is -3.33. The lowest BCUT2D eigenvalue weighted by Gasteiger charge is -2.08. The number of imidazole rings is 1. The number of methoxy groups -OCH3 is 1. The van der Waals surface area contributed by atoms with Crippen LogP contribution in [0.15, 0.2) is 37.2 Å². The summed E-state index contributed by atoms with van der Waals surface area (Å²) in [4.78, 5) is 22.0. The molecular weight excluding hydrogens is 382 g/mol. The molecule has 0 unspecified atom stereocenters. The molecule has 0 N–H and O–H groups in total. The van der Waals surface area contributed by atoms with Crippen molar-refractivity contribution in [2.45, 2.75) is 0 Å². The number of carbonyl (C=O) groups is 1. The summed E-state index contributed by atoms with van der Waals surface area (Å²) in [6, 6.07) is 3.71. The van der Waals surface area contributed by atoms with E-state index in [1.807, 2.05) is 34.5 Å². The van der Waals surface area contributed by atoms with Gasteiger partial charge < -0.3 is 18.8 Å². The number of rotatable bonds is 4. The third kappa shape index (κ3) is 2.71. The van der Waals surface area contributed by atoms with Crippen LogP contribution in [0.25, 0.3) is 22.4 Å². The van der Waals surface area contributed by atoms with Gasteiger partial charge in [0.1, 0.15) is 12.1 Å². The second kappa shape index (κ2) is 6.68. The molecular formula is C18H18ClN7O2. The molecule has 0 aliphatic heterocycles. The molecule has 10 heteroatoms. The molecule has 0 saturated heterocycles. The van der Waals surface area contributed by atoms with Gasteiger partial charge in [0, 0.05) is 38.9 Å². The minimum atomic E-state index is -0.272. The summed E-state index contributed by atoms with van der Waals surface area (Å²) in [6.45, 7) is 0. The van der Waals surface area contributed by atoms with Gasteiger partial charge >= 0.3 is 0 Å². The van der Waals surface area contributed by atoms with Crippen LogP contribution in [0.1, 0.15) is 10.6 Å². The summed E-state index contributed by atoms with van der Waals surface area (Å²) < 4.78 is 10.8. The highest BCUT2D eigenvalue weighted by atomic mass is 35.5. The van der Waals surface area contributed by atoms with Crippen molar-refractivity contribution in [1.29, 1.82) is 0 Å². The van der Waals surface area contributed by atoms with Crippen LogP contribution >= 0.6 is 11.6 Å². The molecule has 0 bridgehead atoms. The summed E-state index contributed by atoms with van der Waals surface area (Å²) >= 11 is 6.35. The van der Waals surface area contributed by atoms with Gasteiger partial charge in [0.25, 0.3) is 5.91 Å². The Kier molecular flexibility index (Phi) is 4.31. The van der Waals surface area contributed by atoms with E-state index in [0.29, 0.717) is 16.6 Å². The number of halogens is 1. The second-order valence-corrected chi connectivity index (χ2v) is 6.82. The van der Waals surface area contributed by atoms with Crippen LogP contribution < -0.4 is 4.74 Å². The van der Waals surface area contributed by atoms with Crippen molar-refractivity contribution < 1.29 is 9.53 Å². The van der Waals surface area contributed by atoms with Crippen LogP contribution in [0, 0.1) is 0 Å². The number of carbonyl (C=O) groups excluding carboxylic acids is 1. The highest BCUT2D eigenvalue weighted by Crippen LogP contribution is 2.37. The molecule has 3 aromatic heterocycles. The van der Waals surface area contributed by atoms with Gasteiger partial charge in [0.2, 0.25) is 5.82 Å². The van der Waals surface area contributed by atoms with Crippen molar-refractivity contribution in [2.75, 3.05) is 21.2 Å². The summed E-state index contributed by atoms with van der Waals surface area (Å²) in [6.07, 6.45) is 6.74. The van der Waals surface area contributed by atoms with Gasteiger partial charge in [-0.3, -0.25) is 4.79 Å². The third-order valence-corrected chi connectivity index (χ3v) is 4.78. The van der Waals surface area contributed by atoms with Crippen LogP contribution in [0.5, 0.6) is 5.75 Å². The molecule has 0 atom stereocenters. The zero-order valence-corrected chi connectivity index (χ0v) is 16.5. The average Bonchev–Trinajstić information content (AvgIpc) is 3.40. The van der Waals surface area contributed by atoms with E-state index in [-0.39, 0.29) is 11.7 Å². The largest absolute Gasteiger partial charge is 0.495 e. The predicted molar refractivity (Wildman–Crippen MR) is 105 cm³/mol. The Morgan fingerprint density at radius 2 is 2.04 bits per heavy atom. The molecule has 0 aliphatic rings. The summed E-state index contributed by atoms with van der Waals surface area (Å²) in [7, 11) is 6.79. The maximum Gasteiger partial charge on any atom is 0.293 e. The number of fused-ring (bicyclic) bond motifs is 1. The lowest BCUT2D eigenvalue weighted by molar-refractivity contribution is 0.0816.